The van der Waals surface area contributed by atoms with Gasteiger partial charge in [0.25, 0.3) is 5.91 Å². The maximum atomic E-state index is 12.2. The topological polar surface area (TPSA) is 62.1 Å². The molecule has 0 unspecified atom stereocenters. The van der Waals surface area contributed by atoms with E-state index in [-0.39, 0.29) is 5.57 Å². The van der Waals surface area contributed by atoms with Crippen molar-refractivity contribution >= 4 is 33.6 Å². The second-order valence-corrected chi connectivity index (χ2v) is 5.55. The predicted octanol–water partition coefficient (Wildman–Crippen LogP) is 4.39. The fraction of sp³-hybridized carbons (Fsp3) is 0.111. The average Bonchev–Trinajstić information content (AvgIpc) is 2.55. The molecule has 0 atom stereocenters. The minimum absolute atomic E-state index is 0.0362. The van der Waals surface area contributed by atoms with E-state index in [4.69, 9.17) is 4.74 Å². The first-order valence-corrected chi connectivity index (χ1v) is 7.83. The molecule has 1 amide bonds. The Balaban J connectivity index is 2.16. The van der Waals surface area contributed by atoms with Gasteiger partial charge in [0.05, 0.1) is 6.61 Å². The van der Waals surface area contributed by atoms with Gasteiger partial charge in [-0.2, -0.15) is 5.26 Å². The highest BCUT2D eigenvalue weighted by Gasteiger charge is 2.10. The van der Waals surface area contributed by atoms with Crippen LogP contribution in [0.1, 0.15) is 12.5 Å². The van der Waals surface area contributed by atoms with Gasteiger partial charge in [-0.1, -0.05) is 34.1 Å². The standard InChI is InChI=1S/C18H15BrN2O2/c1-2-23-17-5-3-4-16(11-17)21-18(22)14(12-20)10-13-6-8-15(19)9-7-13/h3-11H,2H2,1H3,(H,21,22)/b14-10+. The second-order valence-electron chi connectivity index (χ2n) is 4.64. The van der Waals surface area contributed by atoms with Crippen LogP contribution in [0.3, 0.4) is 0 Å². The highest BCUT2D eigenvalue weighted by Crippen LogP contribution is 2.18. The Kier molecular flexibility index (Phi) is 5.95. The van der Waals surface area contributed by atoms with Gasteiger partial charge in [0.15, 0.2) is 0 Å². The number of hydrogen-bond acceptors (Lipinski definition) is 3. The minimum Gasteiger partial charge on any atom is -0.494 e. The number of anilines is 1. The lowest BCUT2D eigenvalue weighted by Gasteiger charge is -2.07. The van der Waals surface area contributed by atoms with Crippen LogP contribution in [0.15, 0.2) is 58.6 Å². The molecule has 2 aromatic carbocycles. The van der Waals surface area contributed by atoms with Gasteiger partial charge < -0.3 is 10.1 Å². The summed E-state index contributed by atoms with van der Waals surface area (Å²) in [5, 5.41) is 11.9. The van der Waals surface area contributed by atoms with Gasteiger partial charge in [-0.3, -0.25) is 4.79 Å². The molecule has 0 heterocycles. The predicted molar refractivity (Wildman–Crippen MR) is 94.0 cm³/mol. The monoisotopic (exact) mass is 370 g/mol. The van der Waals surface area contributed by atoms with Crippen molar-refractivity contribution in [3.63, 3.8) is 0 Å². The molecule has 0 aliphatic heterocycles. The number of benzene rings is 2. The van der Waals surface area contributed by atoms with Gasteiger partial charge in [-0.15, -0.1) is 0 Å². The number of amides is 1. The molecule has 0 aliphatic carbocycles. The summed E-state index contributed by atoms with van der Waals surface area (Å²) in [5.74, 6) is 0.213. The Morgan fingerprint density at radius 3 is 2.70 bits per heavy atom. The number of nitrogens with zero attached hydrogens (tertiary/aromatic N) is 1. The molecule has 2 aromatic rings. The van der Waals surface area contributed by atoms with E-state index in [0.717, 1.165) is 10.0 Å². The lowest BCUT2D eigenvalue weighted by atomic mass is 10.1. The molecular formula is C18H15BrN2O2. The summed E-state index contributed by atoms with van der Waals surface area (Å²) >= 11 is 3.34. The average molecular weight is 371 g/mol. The van der Waals surface area contributed by atoms with Gasteiger partial charge in [0, 0.05) is 16.2 Å². The molecule has 1 N–H and O–H groups in total. The number of carbonyl (C=O) groups is 1. The number of nitrogens with one attached hydrogen (secondary N) is 1. The maximum Gasteiger partial charge on any atom is 0.266 e. The van der Waals surface area contributed by atoms with Crippen molar-refractivity contribution in [3.8, 4) is 11.8 Å². The van der Waals surface area contributed by atoms with Gasteiger partial charge >= 0.3 is 0 Å². The summed E-state index contributed by atoms with van der Waals surface area (Å²) in [6, 6.07) is 16.3. The van der Waals surface area contributed by atoms with Gasteiger partial charge in [0.1, 0.15) is 17.4 Å². The van der Waals surface area contributed by atoms with Crippen molar-refractivity contribution in [1.29, 1.82) is 5.26 Å². The van der Waals surface area contributed by atoms with Crippen LogP contribution >= 0.6 is 15.9 Å². The Hall–Kier alpha value is -2.58. The minimum atomic E-state index is -0.455. The van der Waals surface area contributed by atoms with Crippen LogP contribution in [0.5, 0.6) is 5.75 Å². The molecule has 5 heteroatoms. The highest BCUT2D eigenvalue weighted by molar-refractivity contribution is 9.10. The van der Waals surface area contributed by atoms with Gasteiger partial charge in [-0.25, -0.2) is 0 Å². The summed E-state index contributed by atoms with van der Waals surface area (Å²) in [6.07, 6.45) is 1.55. The molecular weight excluding hydrogens is 356 g/mol. The smallest absolute Gasteiger partial charge is 0.266 e. The summed E-state index contributed by atoms with van der Waals surface area (Å²) in [6.45, 7) is 2.43. The Morgan fingerprint density at radius 2 is 2.04 bits per heavy atom. The SMILES string of the molecule is CCOc1cccc(NC(=O)/C(C#N)=C/c2ccc(Br)cc2)c1. The second kappa shape index (κ2) is 8.16. The van der Waals surface area contributed by atoms with Gasteiger partial charge in [0.2, 0.25) is 0 Å². The number of halogens is 1. The number of rotatable bonds is 5. The van der Waals surface area contributed by atoms with Crippen molar-refractivity contribution in [2.24, 2.45) is 0 Å². The Bertz CT molecular complexity index is 761. The third kappa shape index (κ3) is 4.97. The molecule has 2 rings (SSSR count). The van der Waals surface area contributed by atoms with Crippen molar-refractivity contribution in [3.05, 3.63) is 64.1 Å². The first-order valence-electron chi connectivity index (χ1n) is 7.04. The molecule has 4 nitrogen and oxygen atoms in total. The highest BCUT2D eigenvalue weighted by atomic mass is 79.9. The van der Waals surface area contributed by atoms with E-state index in [1.807, 2.05) is 43.3 Å². The summed E-state index contributed by atoms with van der Waals surface area (Å²) in [4.78, 5) is 12.2. The fourth-order valence-electron chi connectivity index (χ4n) is 1.90. The molecule has 0 saturated heterocycles. The Morgan fingerprint density at radius 1 is 1.30 bits per heavy atom. The normalized spacial score (nSPS) is 10.7. The van der Waals surface area contributed by atoms with E-state index < -0.39 is 5.91 Å². The van der Waals surface area contributed by atoms with Crippen LogP contribution in [0, 0.1) is 11.3 Å². The van der Waals surface area contributed by atoms with E-state index in [2.05, 4.69) is 21.2 Å². The van der Waals surface area contributed by atoms with Crippen LogP contribution in [-0.4, -0.2) is 12.5 Å². The summed E-state index contributed by atoms with van der Waals surface area (Å²) in [7, 11) is 0. The zero-order valence-corrected chi connectivity index (χ0v) is 14.1. The lowest BCUT2D eigenvalue weighted by molar-refractivity contribution is -0.112. The van der Waals surface area contributed by atoms with Crippen molar-refractivity contribution in [1.82, 2.24) is 0 Å². The fourth-order valence-corrected chi connectivity index (χ4v) is 2.17. The van der Waals surface area contributed by atoms with Gasteiger partial charge in [-0.05, 0) is 42.8 Å². The third-order valence-corrected chi connectivity index (χ3v) is 3.48. The lowest BCUT2D eigenvalue weighted by Crippen LogP contribution is -2.13. The quantitative estimate of drug-likeness (QED) is 0.626. The zero-order valence-electron chi connectivity index (χ0n) is 12.5. The zero-order chi connectivity index (χ0) is 16.7. The number of nitriles is 1. The van der Waals surface area contributed by atoms with Crippen LogP contribution in [0.2, 0.25) is 0 Å². The van der Waals surface area contributed by atoms with E-state index in [1.165, 1.54) is 0 Å². The molecule has 0 aliphatic rings. The number of hydrogen-bond donors (Lipinski definition) is 1. The number of carbonyl (C=O) groups excluding carboxylic acids is 1. The molecule has 0 spiro atoms. The van der Waals surface area contributed by atoms with E-state index in [9.17, 15) is 10.1 Å². The van der Waals surface area contributed by atoms with E-state index in [1.54, 1.807) is 24.3 Å². The summed E-state index contributed by atoms with van der Waals surface area (Å²) < 4.78 is 6.32. The molecule has 116 valence electrons. The van der Waals surface area contributed by atoms with Crippen LogP contribution < -0.4 is 10.1 Å². The van der Waals surface area contributed by atoms with Crippen LogP contribution in [0.25, 0.3) is 6.08 Å². The molecule has 0 fully saturated rings. The van der Waals surface area contributed by atoms with E-state index in [0.29, 0.717) is 18.0 Å². The maximum absolute atomic E-state index is 12.2. The molecule has 23 heavy (non-hydrogen) atoms. The Labute approximate surface area is 143 Å². The summed E-state index contributed by atoms with van der Waals surface area (Å²) in [5.41, 5.74) is 1.40. The van der Waals surface area contributed by atoms with E-state index >= 15 is 0 Å². The van der Waals surface area contributed by atoms with Crippen LogP contribution in [-0.2, 0) is 4.79 Å². The largest absolute Gasteiger partial charge is 0.494 e. The number of ether oxygens (including phenoxy) is 1. The molecule has 0 saturated carbocycles. The first-order chi connectivity index (χ1) is 11.1. The molecule has 0 bridgehead atoms. The van der Waals surface area contributed by atoms with Crippen molar-refractivity contribution in [2.75, 3.05) is 11.9 Å². The van der Waals surface area contributed by atoms with Crippen molar-refractivity contribution in [2.45, 2.75) is 6.92 Å². The molecule has 0 aromatic heterocycles. The van der Waals surface area contributed by atoms with Crippen molar-refractivity contribution < 1.29 is 9.53 Å². The first kappa shape index (κ1) is 16.8. The molecule has 0 radical (unpaired) electrons. The third-order valence-electron chi connectivity index (χ3n) is 2.95. The van der Waals surface area contributed by atoms with Crippen LogP contribution in [0.4, 0.5) is 5.69 Å².